The Morgan fingerprint density at radius 2 is 1.93 bits per heavy atom. The zero-order valence-corrected chi connectivity index (χ0v) is 17.2. The highest BCUT2D eigenvalue weighted by Gasteiger charge is 2.11. The SMILES string of the molecule is Fc1cc(F)cc(-c2nc(CCOCCCCCC3CCCCNC3)cs2)c1. The van der Waals surface area contributed by atoms with Crippen molar-refractivity contribution in [3.05, 3.63) is 40.9 Å². The first-order valence-electron chi connectivity index (χ1n) is 10.4. The maximum Gasteiger partial charge on any atom is 0.126 e. The third-order valence-electron chi connectivity index (χ3n) is 5.21. The molecular formula is C22H30F2N2OS. The van der Waals surface area contributed by atoms with E-state index in [4.69, 9.17) is 4.74 Å². The Hall–Kier alpha value is -1.37. The molecule has 1 fully saturated rings. The lowest BCUT2D eigenvalue weighted by Crippen LogP contribution is -2.20. The van der Waals surface area contributed by atoms with Crippen LogP contribution in [-0.4, -0.2) is 31.3 Å². The molecular weight excluding hydrogens is 378 g/mol. The van der Waals surface area contributed by atoms with E-state index in [2.05, 4.69) is 10.3 Å². The standard InChI is InChI=1S/C22H30F2N2OS/c23-19-12-18(13-20(24)14-19)22-26-21(16-28-22)8-11-27-10-5-1-2-6-17-7-3-4-9-25-15-17/h12-14,16-17,25H,1-11,15H2. The first kappa shape index (κ1) is 21.3. The summed E-state index contributed by atoms with van der Waals surface area (Å²) in [6.07, 6.45) is 9.73. The second-order valence-corrected chi connectivity index (χ2v) is 8.44. The molecule has 1 aromatic heterocycles. The number of benzene rings is 1. The second-order valence-electron chi connectivity index (χ2n) is 7.58. The molecule has 3 nitrogen and oxygen atoms in total. The fourth-order valence-corrected chi connectivity index (χ4v) is 4.50. The molecule has 1 aromatic carbocycles. The predicted octanol–water partition coefficient (Wildman–Crippen LogP) is 5.60. The normalized spacial score (nSPS) is 17.6. The molecule has 1 N–H and O–H groups in total. The molecule has 3 rings (SSSR count). The molecule has 6 heteroatoms. The topological polar surface area (TPSA) is 34.1 Å². The smallest absolute Gasteiger partial charge is 0.126 e. The van der Waals surface area contributed by atoms with E-state index >= 15 is 0 Å². The van der Waals surface area contributed by atoms with Crippen LogP contribution in [0.5, 0.6) is 0 Å². The summed E-state index contributed by atoms with van der Waals surface area (Å²) < 4.78 is 32.4. The Bertz CT molecular complexity index is 694. The average molecular weight is 409 g/mol. The minimum atomic E-state index is -0.578. The van der Waals surface area contributed by atoms with Gasteiger partial charge >= 0.3 is 0 Å². The summed E-state index contributed by atoms with van der Waals surface area (Å²) in [6, 6.07) is 3.50. The maximum absolute atomic E-state index is 13.3. The van der Waals surface area contributed by atoms with Crippen LogP contribution in [0.25, 0.3) is 10.6 Å². The molecule has 1 aliphatic rings. The van der Waals surface area contributed by atoms with E-state index in [9.17, 15) is 8.78 Å². The number of ether oxygens (including phenoxy) is 1. The van der Waals surface area contributed by atoms with Crippen LogP contribution in [0, 0.1) is 17.6 Å². The third kappa shape index (κ3) is 7.22. The van der Waals surface area contributed by atoms with Gasteiger partial charge < -0.3 is 10.1 Å². The Kier molecular flexibility index (Phi) is 8.83. The summed E-state index contributed by atoms with van der Waals surface area (Å²) in [6.45, 7) is 3.79. The summed E-state index contributed by atoms with van der Waals surface area (Å²) in [4.78, 5) is 4.47. The highest BCUT2D eigenvalue weighted by atomic mass is 32.1. The quantitative estimate of drug-likeness (QED) is 0.520. The van der Waals surface area contributed by atoms with Gasteiger partial charge in [0.25, 0.3) is 0 Å². The molecule has 1 aliphatic heterocycles. The molecule has 0 amide bonds. The highest BCUT2D eigenvalue weighted by molar-refractivity contribution is 7.13. The van der Waals surface area contributed by atoms with E-state index in [0.29, 0.717) is 17.2 Å². The Balaban J connectivity index is 1.27. The molecule has 2 aromatic rings. The van der Waals surface area contributed by atoms with Gasteiger partial charge in [0.1, 0.15) is 16.6 Å². The van der Waals surface area contributed by atoms with E-state index in [1.807, 2.05) is 5.38 Å². The predicted molar refractivity (Wildman–Crippen MR) is 111 cm³/mol. The molecule has 0 spiro atoms. The molecule has 28 heavy (non-hydrogen) atoms. The van der Waals surface area contributed by atoms with Crippen LogP contribution in [0.3, 0.4) is 0 Å². The molecule has 1 atom stereocenters. The van der Waals surface area contributed by atoms with Gasteiger partial charge in [-0.15, -0.1) is 11.3 Å². The van der Waals surface area contributed by atoms with E-state index in [1.54, 1.807) is 0 Å². The van der Waals surface area contributed by atoms with Gasteiger partial charge in [0.15, 0.2) is 0 Å². The van der Waals surface area contributed by atoms with E-state index in [-0.39, 0.29) is 0 Å². The van der Waals surface area contributed by atoms with Crippen LogP contribution in [0.15, 0.2) is 23.6 Å². The van der Waals surface area contributed by atoms with Crippen molar-refractivity contribution < 1.29 is 13.5 Å². The fraction of sp³-hybridized carbons (Fsp3) is 0.591. The van der Waals surface area contributed by atoms with Crippen LogP contribution in [0.2, 0.25) is 0 Å². The van der Waals surface area contributed by atoms with Gasteiger partial charge in [0.2, 0.25) is 0 Å². The van der Waals surface area contributed by atoms with Crippen molar-refractivity contribution in [2.45, 2.75) is 51.4 Å². The first-order chi connectivity index (χ1) is 13.7. The number of halogens is 2. The van der Waals surface area contributed by atoms with Gasteiger partial charge in [-0.1, -0.05) is 19.3 Å². The zero-order chi connectivity index (χ0) is 19.6. The lowest BCUT2D eigenvalue weighted by Gasteiger charge is -2.13. The summed E-state index contributed by atoms with van der Waals surface area (Å²) >= 11 is 1.40. The third-order valence-corrected chi connectivity index (χ3v) is 6.15. The van der Waals surface area contributed by atoms with Crippen LogP contribution in [0.4, 0.5) is 8.78 Å². The number of thiazole rings is 1. The molecule has 0 radical (unpaired) electrons. The molecule has 1 unspecified atom stereocenters. The Morgan fingerprint density at radius 3 is 2.79 bits per heavy atom. The average Bonchev–Trinajstić information content (AvgIpc) is 2.99. The Labute approximate surface area is 170 Å². The highest BCUT2D eigenvalue weighted by Crippen LogP contribution is 2.25. The number of nitrogens with one attached hydrogen (secondary N) is 1. The van der Waals surface area contributed by atoms with Crippen molar-refractivity contribution in [2.75, 3.05) is 26.3 Å². The van der Waals surface area contributed by atoms with E-state index in [0.717, 1.165) is 37.1 Å². The minimum absolute atomic E-state index is 0.485. The van der Waals surface area contributed by atoms with Crippen molar-refractivity contribution >= 4 is 11.3 Å². The van der Waals surface area contributed by atoms with Crippen molar-refractivity contribution in [1.29, 1.82) is 0 Å². The zero-order valence-electron chi connectivity index (χ0n) is 16.4. The number of unbranched alkanes of at least 4 members (excludes halogenated alkanes) is 2. The minimum Gasteiger partial charge on any atom is -0.381 e. The number of hydrogen-bond acceptors (Lipinski definition) is 4. The van der Waals surface area contributed by atoms with Crippen LogP contribution >= 0.6 is 11.3 Å². The molecule has 154 valence electrons. The lowest BCUT2D eigenvalue weighted by atomic mass is 9.96. The maximum atomic E-state index is 13.3. The van der Waals surface area contributed by atoms with Crippen molar-refractivity contribution in [2.24, 2.45) is 5.92 Å². The van der Waals surface area contributed by atoms with Crippen LogP contribution in [0.1, 0.15) is 50.6 Å². The van der Waals surface area contributed by atoms with Gasteiger partial charge in [-0.25, -0.2) is 13.8 Å². The molecule has 0 saturated carbocycles. The number of nitrogens with zero attached hydrogens (tertiary/aromatic N) is 1. The summed E-state index contributed by atoms with van der Waals surface area (Å²) in [5.41, 5.74) is 1.39. The molecule has 0 aliphatic carbocycles. The van der Waals surface area contributed by atoms with Gasteiger partial charge in [-0.05, 0) is 56.8 Å². The largest absolute Gasteiger partial charge is 0.381 e. The van der Waals surface area contributed by atoms with Gasteiger partial charge in [-0.2, -0.15) is 0 Å². The lowest BCUT2D eigenvalue weighted by molar-refractivity contribution is 0.132. The molecule has 2 heterocycles. The van der Waals surface area contributed by atoms with Gasteiger partial charge in [-0.3, -0.25) is 0 Å². The summed E-state index contributed by atoms with van der Waals surface area (Å²) in [5.74, 6) is -0.301. The molecule has 1 saturated heterocycles. The summed E-state index contributed by atoms with van der Waals surface area (Å²) in [7, 11) is 0. The number of hydrogen-bond donors (Lipinski definition) is 1. The second kappa shape index (κ2) is 11.6. The van der Waals surface area contributed by atoms with Crippen molar-refractivity contribution in [3.8, 4) is 10.6 Å². The van der Waals surface area contributed by atoms with E-state index in [1.165, 1.54) is 75.1 Å². The monoisotopic (exact) mass is 408 g/mol. The van der Waals surface area contributed by atoms with E-state index < -0.39 is 11.6 Å². The fourth-order valence-electron chi connectivity index (χ4n) is 3.66. The molecule has 0 bridgehead atoms. The van der Waals surface area contributed by atoms with Crippen molar-refractivity contribution in [1.82, 2.24) is 10.3 Å². The van der Waals surface area contributed by atoms with Gasteiger partial charge in [0.05, 0.1) is 12.3 Å². The van der Waals surface area contributed by atoms with Crippen LogP contribution in [-0.2, 0) is 11.2 Å². The Morgan fingerprint density at radius 1 is 1.07 bits per heavy atom. The van der Waals surface area contributed by atoms with Crippen molar-refractivity contribution in [3.63, 3.8) is 0 Å². The number of aromatic nitrogens is 1. The number of rotatable bonds is 10. The summed E-state index contributed by atoms with van der Waals surface area (Å²) in [5, 5.41) is 6.11. The van der Waals surface area contributed by atoms with Gasteiger partial charge in [0, 0.05) is 30.0 Å². The first-order valence-corrected chi connectivity index (χ1v) is 11.3. The van der Waals surface area contributed by atoms with Crippen LogP contribution < -0.4 is 5.32 Å².